The molecule has 0 aliphatic carbocycles. The van der Waals surface area contributed by atoms with Crippen LogP contribution in [0.5, 0.6) is 0 Å². The maximum Gasteiger partial charge on any atom is 0.230 e. The Morgan fingerprint density at radius 3 is 2.55 bits per heavy atom. The lowest BCUT2D eigenvalue weighted by atomic mass is 9.99. The molecule has 2 nitrogen and oxygen atoms in total. The van der Waals surface area contributed by atoms with Crippen LogP contribution in [-0.4, -0.2) is 17.3 Å². The van der Waals surface area contributed by atoms with Crippen molar-refractivity contribution in [2.24, 2.45) is 11.8 Å². The van der Waals surface area contributed by atoms with Crippen LogP contribution in [0.3, 0.4) is 0 Å². The summed E-state index contributed by atoms with van der Waals surface area (Å²) in [4.78, 5) is 15.2. The largest absolute Gasteiger partial charge is 0.312 e. The minimum absolute atomic E-state index is 0.165. The monoisotopic (exact) mass is 365 g/mol. The topological polar surface area (TPSA) is 20.3 Å². The molecule has 1 atom stereocenters. The van der Waals surface area contributed by atoms with Crippen LogP contribution < -0.4 is 4.90 Å². The SMILES string of the molecule is CCC(CC)C(=O)N1CCc2cc(CC(Br)C(C)C)ccc21. The van der Waals surface area contributed by atoms with Crippen molar-refractivity contribution in [2.75, 3.05) is 11.4 Å². The summed E-state index contributed by atoms with van der Waals surface area (Å²) < 4.78 is 0. The predicted octanol–water partition coefficient (Wildman–Crippen LogP) is 4.97. The molecule has 122 valence electrons. The summed E-state index contributed by atoms with van der Waals surface area (Å²) >= 11 is 3.77. The third-order valence-corrected chi connectivity index (χ3v) is 6.18. The average Bonchev–Trinajstić information content (AvgIpc) is 2.91. The fraction of sp³-hybridized carbons (Fsp3) is 0.632. The summed E-state index contributed by atoms with van der Waals surface area (Å²) in [6.07, 6.45) is 3.90. The van der Waals surface area contributed by atoms with Gasteiger partial charge in [-0.2, -0.15) is 0 Å². The molecule has 0 spiro atoms. The first kappa shape index (κ1) is 17.5. The Labute approximate surface area is 143 Å². The fourth-order valence-corrected chi connectivity index (χ4v) is 3.50. The van der Waals surface area contributed by atoms with Crippen LogP contribution in [0.25, 0.3) is 0 Å². The standard InChI is InChI=1S/C19H28BrNO/c1-5-15(6-2)19(22)21-10-9-16-11-14(7-8-18(16)21)12-17(20)13(3)4/h7-8,11,13,15,17H,5-6,9-10,12H2,1-4H3. The normalized spacial score (nSPS) is 15.5. The summed E-state index contributed by atoms with van der Waals surface area (Å²) in [5, 5.41) is 0. The van der Waals surface area contributed by atoms with Gasteiger partial charge in [0.2, 0.25) is 5.91 Å². The lowest BCUT2D eigenvalue weighted by molar-refractivity contribution is -0.122. The predicted molar refractivity (Wildman–Crippen MR) is 97.8 cm³/mol. The molecular weight excluding hydrogens is 338 g/mol. The van der Waals surface area contributed by atoms with E-state index in [0.717, 1.165) is 37.9 Å². The van der Waals surface area contributed by atoms with Crippen molar-refractivity contribution in [1.29, 1.82) is 0 Å². The number of carbonyl (C=O) groups excluding carboxylic acids is 1. The van der Waals surface area contributed by atoms with Gasteiger partial charge in [0.1, 0.15) is 0 Å². The highest BCUT2D eigenvalue weighted by Gasteiger charge is 2.28. The minimum atomic E-state index is 0.165. The Hall–Kier alpha value is -0.830. The summed E-state index contributed by atoms with van der Waals surface area (Å²) in [5.74, 6) is 1.09. The van der Waals surface area contributed by atoms with Crippen LogP contribution in [0.1, 0.15) is 51.7 Å². The van der Waals surface area contributed by atoms with Crippen LogP contribution in [-0.2, 0) is 17.6 Å². The van der Waals surface area contributed by atoms with E-state index in [1.165, 1.54) is 11.1 Å². The van der Waals surface area contributed by atoms with Crippen molar-refractivity contribution < 1.29 is 4.79 Å². The Morgan fingerprint density at radius 2 is 1.95 bits per heavy atom. The Morgan fingerprint density at radius 1 is 1.27 bits per heavy atom. The van der Waals surface area contributed by atoms with Gasteiger partial charge < -0.3 is 4.90 Å². The number of rotatable bonds is 6. The second-order valence-corrected chi connectivity index (χ2v) is 7.86. The zero-order valence-corrected chi connectivity index (χ0v) is 15.8. The fourth-order valence-electron chi connectivity index (χ4n) is 3.13. The highest BCUT2D eigenvalue weighted by Crippen LogP contribution is 2.32. The van der Waals surface area contributed by atoms with Crippen molar-refractivity contribution >= 4 is 27.5 Å². The second-order valence-electron chi connectivity index (χ2n) is 6.68. The van der Waals surface area contributed by atoms with Crippen LogP contribution in [0.2, 0.25) is 0 Å². The van der Waals surface area contributed by atoms with E-state index in [9.17, 15) is 4.79 Å². The number of hydrogen-bond acceptors (Lipinski definition) is 1. The van der Waals surface area contributed by atoms with Crippen molar-refractivity contribution in [1.82, 2.24) is 0 Å². The van der Waals surface area contributed by atoms with E-state index in [4.69, 9.17) is 0 Å². The number of anilines is 1. The molecule has 0 saturated carbocycles. The average molecular weight is 366 g/mol. The lowest BCUT2D eigenvalue weighted by Crippen LogP contribution is -2.34. The number of amides is 1. The molecule has 1 unspecified atom stereocenters. The van der Waals surface area contributed by atoms with Gasteiger partial charge in [-0.15, -0.1) is 0 Å². The van der Waals surface area contributed by atoms with Gasteiger partial charge in [0.15, 0.2) is 0 Å². The minimum Gasteiger partial charge on any atom is -0.312 e. The molecule has 0 radical (unpaired) electrons. The van der Waals surface area contributed by atoms with Gasteiger partial charge in [0.25, 0.3) is 0 Å². The first-order valence-corrected chi connectivity index (χ1v) is 9.46. The summed E-state index contributed by atoms with van der Waals surface area (Å²) in [5.41, 5.74) is 3.84. The van der Waals surface area contributed by atoms with Crippen LogP contribution in [0, 0.1) is 11.8 Å². The van der Waals surface area contributed by atoms with Crippen LogP contribution in [0.4, 0.5) is 5.69 Å². The molecule has 0 saturated heterocycles. The zero-order chi connectivity index (χ0) is 16.3. The summed E-state index contributed by atoms with van der Waals surface area (Å²) in [7, 11) is 0. The third kappa shape index (κ3) is 3.73. The highest BCUT2D eigenvalue weighted by molar-refractivity contribution is 9.09. The van der Waals surface area contributed by atoms with Crippen LogP contribution >= 0.6 is 15.9 Å². The van der Waals surface area contributed by atoms with E-state index in [0.29, 0.717) is 16.7 Å². The van der Waals surface area contributed by atoms with Crippen molar-refractivity contribution in [3.8, 4) is 0 Å². The lowest BCUT2D eigenvalue weighted by Gasteiger charge is -2.22. The molecule has 1 aliphatic heterocycles. The van der Waals surface area contributed by atoms with Crippen molar-refractivity contribution in [3.63, 3.8) is 0 Å². The molecular formula is C19H28BrNO. The maximum atomic E-state index is 12.6. The quantitative estimate of drug-likeness (QED) is 0.651. The van der Waals surface area contributed by atoms with Crippen molar-refractivity contribution in [2.45, 2.75) is 58.2 Å². The van der Waals surface area contributed by atoms with Gasteiger partial charge in [0, 0.05) is 23.0 Å². The van der Waals surface area contributed by atoms with E-state index in [2.05, 4.69) is 61.8 Å². The van der Waals surface area contributed by atoms with Gasteiger partial charge in [-0.05, 0) is 48.8 Å². The van der Waals surface area contributed by atoms with Gasteiger partial charge >= 0.3 is 0 Å². The molecule has 0 bridgehead atoms. The molecule has 1 amide bonds. The zero-order valence-electron chi connectivity index (χ0n) is 14.2. The van der Waals surface area contributed by atoms with Gasteiger partial charge in [-0.3, -0.25) is 4.79 Å². The summed E-state index contributed by atoms with van der Waals surface area (Å²) in [6, 6.07) is 6.64. The smallest absolute Gasteiger partial charge is 0.230 e. The number of carbonyl (C=O) groups is 1. The molecule has 0 N–H and O–H groups in total. The molecule has 1 aromatic carbocycles. The van der Waals surface area contributed by atoms with Crippen LogP contribution in [0.15, 0.2) is 18.2 Å². The third-order valence-electron chi connectivity index (χ3n) is 4.79. The molecule has 1 aromatic rings. The first-order chi connectivity index (χ1) is 10.5. The number of fused-ring (bicyclic) bond motifs is 1. The maximum absolute atomic E-state index is 12.6. The molecule has 0 aromatic heterocycles. The number of benzene rings is 1. The van der Waals surface area contributed by atoms with E-state index < -0.39 is 0 Å². The number of nitrogens with zero attached hydrogens (tertiary/aromatic N) is 1. The Balaban J connectivity index is 2.15. The summed E-state index contributed by atoms with van der Waals surface area (Å²) in [6.45, 7) is 9.53. The van der Waals surface area contributed by atoms with Crippen molar-refractivity contribution in [3.05, 3.63) is 29.3 Å². The number of halogens is 1. The molecule has 22 heavy (non-hydrogen) atoms. The molecule has 1 heterocycles. The van der Waals surface area contributed by atoms with E-state index in [-0.39, 0.29) is 5.92 Å². The molecule has 2 rings (SSSR count). The number of alkyl halides is 1. The second kappa shape index (κ2) is 7.63. The van der Waals surface area contributed by atoms with Gasteiger partial charge in [-0.25, -0.2) is 0 Å². The molecule has 3 heteroatoms. The first-order valence-electron chi connectivity index (χ1n) is 8.55. The number of hydrogen-bond donors (Lipinski definition) is 0. The highest BCUT2D eigenvalue weighted by atomic mass is 79.9. The Kier molecular flexibility index (Phi) is 6.08. The Bertz CT molecular complexity index is 522. The molecule has 1 aliphatic rings. The van der Waals surface area contributed by atoms with E-state index in [1.54, 1.807) is 0 Å². The van der Waals surface area contributed by atoms with E-state index in [1.807, 2.05) is 4.90 Å². The molecule has 0 fully saturated rings. The van der Waals surface area contributed by atoms with E-state index >= 15 is 0 Å². The van der Waals surface area contributed by atoms with Gasteiger partial charge in [0.05, 0.1) is 0 Å². The van der Waals surface area contributed by atoms with Gasteiger partial charge in [-0.1, -0.05) is 55.8 Å².